The average molecular weight is 487 g/mol. The van der Waals surface area contributed by atoms with E-state index in [1.54, 1.807) is 12.3 Å². The first-order chi connectivity index (χ1) is 10.8. The van der Waals surface area contributed by atoms with E-state index >= 15 is 0 Å². The summed E-state index contributed by atoms with van der Waals surface area (Å²) in [6, 6.07) is 3.85. The van der Waals surface area contributed by atoms with Gasteiger partial charge in [0.1, 0.15) is 0 Å². The van der Waals surface area contributed by atoms with Gasteiger partial charge >= 0.3 is 0 Å². The van der Waals surface area contributed by atoms with Gasteiger partial charge in [-0.3, -0.25) is 4.98 Å². The Morgan fingerprint density at radius 1 is 1.46 bits per heavy atom. The summed E-state index contributed by atoms with van der Waals surface area (Å²) >= 11 is 5.82. The Morgan fingerprint density at radius 2 is 2.21 bits per heavy atom. The highest BCUT2D eigenvalue weighted by Crippen LogP contribution is 2.17. The number of nitrogens with one attached hydrogen (secondary N) is 2. The molecule has 6 nitrogen and oxygen atoms in total. The Bertz CT molecular complexity index is 650. The minimum Gasteiger partial charge on any atom is -0.356 e. The third kappa shape index (κ3) is 7.52. The average Bonchev–Trinajstić information content (AvgIpc) is 2.82. The fraction of sp³-hybridized carbons (Fsp3) is 0.600. The summed E-state index contributed by atoms with van der Waals surface area (Å²) in [6.07, 6.45) is 2.31. The molecular formula is C15H24ClIN4O2S. The molecule has 0 aliphatic carbocycles. The van der Waals surface area contributed by atoms with Crippen LogP contribution in [0.15, 0.2) is 23.3 Å². The van der Waals surface area contributed by atoms with E-state index < -0.39 is 9.84 Å². The predicted octanol–water partition coefficient (Wildman–Crippen LogP) is 2.23. The quantitative estimate of drug-likeness (QED) is 0.379. The van der Waals surface area contributed by atoms with Gasteiger partial charge in [-0.05, 0) is 38.3 Å². The van der Waals surface area contributed by atoms with E-state index in [0.29, 0.717) is 30.5 Å². The molecule has 0 spiro atoms. The van der Waals surface area contributed by atoms with E-state index in [2.05, 4.69) is 20.6 Å². The van der Waals surface area contributed by atoms with Crippen molar-refractivity contribution in [2.24, 2.45) is 10.9 Å². The minimum absolute atomic E-state index is 0. The number of nitrogens with zero attached hydrogens (tertiary/aromatic N) is 2. The lowest BCUT2D eigenvalue weighted by Gasteiger charge is -2.17. The van der Waals surface area contributed by atoms with Crippen LogP contribution in [0, 0.1) is 5.92 Å². The summed E-state index contributed by atoms with van der Waals surface area (Å²) in [4.78, 5) is 8.71. The molecule has 1 aromatic heterocycles. The van der Waals surface area contributed by atoms with E-state index in [9.17, 15) is 8.42 Å². The van der Waals surface area contributed by atoms with Crippen LogP contribution in [-0.4, -0.2) is 43.5 Å². The number of hydrogen-bond acceptors (Lipinski definition) is 4. The molecule has 0 amide bonds. The van der Waals surface area contributed by atoms with E-state index in [1.807, 2.05) is 19.9 Å². The van der Waals surface area contributed by atoms with Crippen molar-refractivity contribution in [3.8, 4) is 0 Å². The monoisotopic (exact) mass is 486 g/mol. The van der Waals surface area contributed by atoms with Crippen LogP contribution >= 0.6 is 35.6 Å². The highest BCUT2D eigenvalue weighted by Gasteiger charge is 2.27. The van der Waals surface area contributed by atoms with Gasteiger partial charge < -0.3 is 10.6 Å². The summed E-state index contributed by atoms with van der Waals surface area (Å²) < 4.78 is 23.0. The zero-order valence-electron chi connectivity index (χ0n) is 13.8. The number of guanidine groups is 1. The van der Waals surface area contributed by atoms with Crippen LogP contribution in [0.1, 0.15) is 26.0 Å². The molecule has 9 heteroatoms. The second-order valence-electron chi connectivity index (χ2n) is 6.08. The second-order valence-corrected chi connectivity index (χ2v) is 8.75. The molecule has 1 aromatic rings. The van der Waals surface area contributed by atoms with Gasteiger partial charge in [0.25, 0.3) is 0 Å². The van der Waals surface area contributed by atoms with Gasteiger partial charge in [0, 0.05) is 18.8 Å². The Morgan fingerprint density at radius 3 is 2.75 bits per heavy atom. The zero-order valence-corrected chi connectivity index (χ0v) is 17.7. The minimum atomic E-state index is -2.85. The molecule has 0 radical (unpaired) electrons. The maximum atomic E-state index is 11.5. The predicted molar refractivity (Wildman–Crippen MR) is 109 cm³/mol. The lowest BCUT2D eigenvalue weighted by Crippen LogP contribution is -2.43. The molecule has 0 aromatic carbocycles. The number of aromatic nitrogens is 1. The molecule has 2 heterocycles. The summed E-state index contributed by atoms with van der Waals surface area (Å²) in [7, 11) is -2.85. The Balaban J connectivity index is 0.00000288. The number of aliphatic imine (C=N–C) groups is 1. The number of halogens is 2. The molecular weight excluding hydrogens is 463 g/mol. The summed E-state index contributed by atoms with van der Waals surface area (Å²) in [5, 5.41) is 7.07. The number of sulfone groups is 1. The lowest BCUT2D eigenvalue weighted by atomic mass is 10.1. The molecule has 24 heavy (non-hydrogen) atoms. The molecule has 1 aliphatic heterocycles. The smallest absolute Gasteiger partial charge is 0.191 e. The first-order valence-electron chi connectivity index (χ1n) is 7.70. The molecule has 1 atom stereocenters. The molecule has 1 saturated heterocycles. The standard InChI is InChI=1S/C15H23ClN4O2S.HI/c1-11(2)20-15(18-7-12-5-6-23(21,22)10-12)19-9-14-4-3-13(16)8-17-14;/h3-4,8,11-12H,5-7,9-10H2,1-2H3,(H2,18,19,20);1H. The van der Waals surface area contributed by atoms with Crippen molar-refractivity contribution in [1.82, 2.24) is 15.6 Å². The van der Waals surface area contributed by atoms with Crippen molar-refractivity contribution in [2.75, 3.05) is 18.1 Å². The molecule has 1 aliphatic rings. The number of rotatable bonds is 5. The summed E-state index contributed by atoms with van der Waals surface area (Å²) in [5.41, 5.74) is 0.822. The van der Waals surface area contributed by atoms with Crippen molar-refractivity contribution in [3.63, 3.8) is 0 Å². The normalized spacial score (nSPS) is 19.8. The van der Waals surface area contributed by atoms with Crippen LogP contribution in [0.5, 0.6) is 0 Å². The van der Waals surface area contributed by atoms with Gasteiger partial charge in [0.2, 0.25) is 0 Å². The van der Waals surface area contributed by atoms with Crippen LogP contribution in [0.4, 0.5) is 0 Å². The largest absolute Gasteiger partial charge is 0.356 e. The van der Waals surface area contributed by atoms with Crippen LogP contribution in [0.25, 0.3) is 0 Å². The topological polar surface area (TPSA) is 83.4 Å². The van der Waals surface area contributed by atoms with Gasteiger partial charge in [-0.2, -0.15) is 0 Å². The summed E-state index contributed by atoms with van der Waals surface area (Å²) in [5.74, 6) is 1.36. The number of pyridine rings is 1. The third-order valence-electron chi connectivity index (χ3n) is 3.50. The van der Waals surface area contributed by atoms with Gasteiger partial charge in [-0.15, -0.1) is 24.0 Å². The van der Waals surface area contributed by atoms with Crippen LogP contribution < -0.4 is 10.6 Å². The third-order valence-corrected chi connectivity index (χ3v) is 5.56. The molecule has 2 N–H and O–H groups in total. The van der Waals surface area contributed by atoms with E-state index in [4.69, 9.17) is 11.6 Å². The van der Waals surface area contributed by atoms with Crippen molar-refractivity contribution in [2.45, 2.75) is 32.9 Å². The first kappa shape index (κ1) is 21.4. The highest BCUT2D eigenvalue weighted by molar-refractivity contribution is 14.0. The molecule has 136 valence electrons. The van der Waals surface area contributed by atoms with Crippen LogP contribution in [0.3, 0.4) is 0 Å². The van der Waals surface area contributed by atoms with Gasteiger partial charge in [0.05, 0.1) is 28.8 Å². The van der Waals surface area contributed by atoms with Crippen molar-refractivity contribution >= 4 is 51.4 Å². The van der Waals surface area contributed by atoms with E-state index in [0.717, 1.165) is 5.69 Å². The van der Waals surface area contributed by atoms with Gasteiger partial charge in [0.15, 0.2) is 15.8 Å². The Hall–Kier alpha value is -0.610. The van der Waals surface area contributed by atoms with Crippen molar-refractivity contribution < 1.29 is 8.42 Å². The highest BCUT2D eigenvalue weighted by atomic mass is 127. The van der Waals surface area contributed by atoms with Gasteiger partial charge in [-0.1, -0.05) is 11.6 Å². The summed E-state index contributed by atoms with van der Waals surface area (Å²) in [6.45, 7) is 5.09. The molecule has 1 unspecified atom stereocenters. The maximum Gasteiger partial charge on any atom is 0.191 e. The first-order valence-corrected chi connectivity index (χ1v) is 9.90. The van der Waals surface area contributed by atoms with Gasteiger partial charge in [-0.25, -0.2) is 13.4 Å². The van der Waals surface area contributed by atoms with Crippen LogP contribution in [-0.2, 0) is 16.4 Å². The lowest BCUT2D eigenvalue weighted by molar-refractivity contribution is 0.562. The Labute approximate surface area is 165 Å². The fourth-order valence-corrected chi connectivity index (χ4v) is 4.33. The number of hydrogen-bond donors (Lipinski definition) is 2. The van der Waals surface area contributed by atoms with Crippen LogP contribution in [0.2, 0.25) is 5.02 Å². The molecule has 2 rings (SSSR count). The molecule has 0 saturated carbocycles. The maximum absolute atomic E-state index is 11.5. The molecule has 1 fully saturated rings. The SMILES string of the molecule is CC(C)NC(=NCc1ccc(Cl)cn1)NCC1CCS(=O)(=O)C1.I. The van der Waals surface area contributed by atoms with Crippen molar-refractivity contribution in [3.05, 3.63) is 29.0 Å². The molecule has 0 bridgehead atoms. The zero-order chi connectivity index (χ0) is 16.9. The van der Waals surface area contributed by atoms with E-state index in [-0.39, 0.29) is 47.4 Å². The Kier molecular flexibility index (Phi) is 8.72. The van der Waals surface area contributed by atoms with Crippen molar-refractivity contribution in [1.29, 1.82) is 0 Å². The van der Waals surface area contributed by atoms with E-state index in [1.165, 1.54) is 0 Å². The second kappa shape index (κ2) is 9.76. The fourth-order valence-electron chi connectivity index (χ4n) is 2.36.